The zero-order valence-corrected chi connectivity index (χ0v) is 17.7. The van der Waals surface area contributed by atoms with Crippen molar-refractivity contribution in [3.05, 3.63) is 108 Å². The van der Waals surface area contributed by atoms with E-state index in [9.17, 15) is 8.42 Å². The van der Waals surface area contributed by atoms with Crippen LogP contribution in [-0.4, -0.2) is 19.8 Å². The van der Waals surface area contributed by atoms with Crippen LogP contribution in [0.25, 0.3) is 6.08 Å². The number of benzene rings is 3. The molecule has 0 amide bonds. The van der Waals surface area contributed by atoms with Crippen LogP contribution in [0.15, 0.2) is 95.9 Å². The maximum Gasteiger partial charge on any atom is 0.243 e. The van der Waals surface area contributed by atoms with Crippen LogP contribution in [0.5, 0.6) is 0 Å². The second kappa shape index (κ2) is 9.68. The number of hydrogen-bond donors (Lipinski definition) is 0. The third-order valence-electron chi connectivity index (χ3n) is 5.04. The Morgan fingerprint density at radius 3 is 2.07 bits per heavy atom. The van der Waals surface area contributed by atoms with Gasteiger partial charge in [0.15, 0.2) is 0 Å². The molecule has 0 bridgehead atoms. The van der Waals surface area contributed by atoms with Crippen molar-refractivity contribution in [1.82, 2.24) is 4.31 Å². The largest absolute Gasteiger partial charge is 0.243 e. The van der Waals surface area contributed by atoms with Gasteiger partial charge in [0, 0.05) is 7.05 Å². The Morgan fingerprint density at radius 2 is 1.45 bits per heavy atom. The second-order valence-electron chi connectivity index (χ2n) is 7.15. The summed E-state index contributed by atoms with van der Waals surface area (Å²) in [6.07, 6.45) is 5.67. The molecule has 29 heavy (non-hydrogen) atoms. The predicted octanol–water partition coefficient (Wildman–Crippen LogP) is 5.85. The highest BCUT2D eigenvalue weighted by Crippen LogP contribution is 2.30. The molecule has 0 radical (unpaired) electrons. The van der Waals surface area contributed by atoms with Gasteiger partial charge in [-0.25, -0.2) is 8.42 Å². The van der Waals surface area contributed by atoms with E-state index in [-0.39, 0.29) is 6.04 Å². The van der Waals surface area contributed by atoms with E-state index in [1.54, 1.807) is 19.2 Å². The lowest BCUT2D eigenvalue weighted by Gasteiger charge is -2.28. The SMILES string of the molecule is Cc1ccc(S(=O)(=O)N(C)C(CC/C=C/c2ccccc2)c2ccccc2)cc1. The fraction of sp³-hybridized carbons (Fsp3) is 0.200. The molecular formula is C25H27NO2S. The van der Waals surface area contributed by atoms with Crippen LogP contribution < -0.4 is 0 Å². The normalized spacial score (nSPS) is 13.1. The molecule has 0 heterocycles. The van der Waals surface area contributed by atoms with E-state index in [1.165, 1.54) is 4.31 Å². The molecule has 0 aliphatic rings. The van der Waals surface area contributed by atoms with Gasteiger partial charge in [0.05, 0.1) is 10.9 Å². The Bertz CT molecular complexity index is 1030. The Balaban J connectivity index is 1.81. The van der Waals surface area contributed by atoms with E-state index < -0.39 is 10.0 Å². The van der Waals surface area contributed by atoms with Crippen molar-refractivity contribution in [2.75, 3.05) is 7.05 Å². The molecule has 3 aromatic carbocycles. The zero-order chi connectivity index (χ0) is 20.7. The number of aryl methyl sites for hydroxylation is 1. The quantitative estimate of drug-likeness (QED) is 0.471. The third kappa shape index (κ3) is 5.43. The van der Waals surface area contributed by atoms with Crippen molar-refractivity contribution in [1.29, 1.82) is 0 Å². The van der Waals surface area contributed by atoms with E-state index in [2.05, 4.69) is 24.3 Å². The summed E-state index contributed by atoms with van der Waals surface area (Å²) < 4.78 is 27.9. The maximum absolute atomic E-state index is 13.2. The molecule has 3 aromatic rings. The topological polar surface area (TPSA) is 37.4 Å². The van der Waals surface area contributed by atoms with Gasteiger partial charge in [-0.2, -0.15) is 4.31 Å². The summed E-state index contributed by atoms with van der Waals surface area (Å²) in [5.41, 5.74) is 3.18. The van der Waals surface area contributed by atoms with Crippen LogP contribution >= 0.6 is 0 Å². The van der Waals surface area contributed by atoms with Gasteiger partial charge in [-0.3, -0.25) is 0 Å². The van der Waals surface area contributed by atoms with Crippen molar-refractivity contribution in [3.8, 4) is 0 Å². The lowest BCUT2D eigenvalue weighted by molar-refractivity contribution is 0.359. The zero-order valence-electron chi connectivity index (χ0n) is 16.9. The minimum Gasteiger partial charge on any atom is -0.207 e. The lowest BCUT2D eigenvalue weighted by Crippen LogP contribution is -2.31. The molecule has 0 spiro atoms. The van der Waals surface area contributed by atoms with Gasteiger partial charge in [-0.15, -0.1) is 0 Å². The van der Waals surface area contributed by atoms with Crippen LogP contribution in [0.3, 0.4) is 0 Å². The van der Waals surface area contributed by atoms with Crippen LogP contribution in [0.1, 0.15) is 35.6 Å². The van der Waals surface area contributed by atoms with Gasteiger partial charge in [-0.1, -0.05) is 90.5 Å². The van der Waals surface area contributed by atoms with E-state index in [0.29, 0.717) is 11.3 Å². The first kappa shape index (κ1) is 21.0. The van der Waals surface area contributed by atoms with Gasteiger partial charge >= 0.3 is 0 Å². The molecule has 0 aliphatic carbocycles. The molecule has 0 aromatic heterocycles. The van der Waals surface area contributed by atoms with Crippen LogP contribution in [0.2, 0.25) is 0 Å². The molecule has 1 unspecified atom stereocenters. The highest BCUT2D eigenvalue weighted by Gasteiger charge is 2.28. The van der Waals surface area contributed by atoms with Crippen LogP contribution in [0, 0.1) is 6.92 Å². The first-order chi connectivity index (χ1) is 14.0. The van der Waals surface area contributed by atoms with E-state index in [0.717, 1.165) is 23.1 Å². The van der Waals surface area contributed by atoms with Crippen molar-refractivity contribution in [2.45, 2.75) is 30.7 Å². The van der Waals surface area contributed by atoms with E-state index in [4.69, 9.17) is 0 Å². The number of sulfonamides is 1. The first-order valence-electron chi connectivity index (χ1n) is 9.80. The fourth-order valence-electron chi connectivity index (χ4n) is 3.32. The minimum atomic E-state index is -3.58. The first-order valence-corrected chi connectivity index (χ1v) is 11.2. The van der Waals surface area contributed by atoms with Crippen LogP contribution in [0.4, 0.5) is 0 Å². The second-order valence-corrected chi connectivity index (χ2v) is 9.15. The molecule has 0 saturated heterocycles. The molecule has 3 rings (SSSR count). The third-order valence-corrected chi connectivity index (χ3v) is 6.92. The van der Waals surface area contributed by atoms with Gasteiger partial charge in [0.1, 0.15) is 0 Å². The summed E-state index contributed by atoms with van der Waals surface area (Å²) in [7, 11) is -1.91. The van der Waals surface area contributed by atoms with Crippen molar-refractivity contribution in [3.63, 3.8) is 0 Å². The van der Waals surface area contributed by atoms with Crippen molar-refractivity contribution in [2.24, 2.45) is 0 Å². The average Bonchev–Trinajstić information content (AvgIpc) is 2.75. The lowest BCUT2D eigenvalue weighted by atomic mass is 10.0. The molecule has 4 heteroatoms. The summed E-state index contributed by atoms with van der Waals surface area (Å²) >= 11 is 0. The van der Waals surface area contributed by atoms with Gasteiger partial charge in [-0.05, 0) is 43.0 Å². The smallest absolute Gasteiger partial charge is 0.207 e. The summed E-state index contributed by atoms with van der Waals surface area (Å²) in [6.45, 7) is 1.95. The molecule has 0 N–H and O–H groups in total. The molecule has 1 atom stereocenters. The number of allylic oxidation sites excluding steroid dienone is 1. The Kier molecular flexibility index (Phi) is 7.02. The highest BCUT2D eigenvalue weighted by molar-refractivity contribution is 7.89. The highest BCUT2D eigenvalue weighted by atomic mass is 32.2. The Hall–Kier alpha value is -2.69. The summed E-state index contributed by atoms with van der Waals surface area (Å²) in [6, 6.07) is 26.8. The number of rotatable bonds is 8. The molecule has 3 nitrogen and oxygen atoms in total. The Labute approximate surface area is 174 Å². The number of nitrogens with zero attached hydrogens (tertiary/aromatic N) is 1. The predicted molar refractivity (Wildman–Crippen MR) is 120 cm³/mol. The van der Waals surface area contributed by atoms with E-state index >= 15 is 0 Å². The summed E-state index contributed by atoms with van der Waals surface area (Å²) in [5.74, 6) is 0. The van der Waals surface area contributed by atoms with Crippen molar-refractivity contribution < 1.29 is 8.42 Å². The molecule has 0 saturated carbocycles. The van der Waals surface area contributed by atoms with Crippen molar-refractivity contribution >= 4 is 16.1 Å². The van der Waals surface area contributed by atoms with Gasteiger partial charge < -0.3 is 0 Å². The van der Waals surface area contributed by atoms with Crippen LogP contribution in [-0.2, 0) is 10.0 Å². The monoisotopic (exact) mass is 405 g/mol. The Morgan fingerprint density at radius 1 is 0.862 bits per heavy atom. The van der Waals surface area contributed by atoms with E-state index in [1.807, 2.05) is 67.6 Å². The number of hydrogen-bond acceptors (Lipinski definition) is 2. The maximum atomic E-state index is 13.2. The van der Waals surface area contributed by atoms with Gasteiger partial charge in [0.25, 0.3) is 0 Å². The summed E-state index contributed by atoms with van der Waals surface area (Å²) in [4.78, 5) is 0.325. The van der Waals surface area contributed by atoms with Gasteiger partial charge in [0.2, 0.25) is 10.0 Å². The fourth-order valence-corrected chi connectivity index (χ4v) is 4.69. The molecule has 0 aliphatic heterocycles. The molecular weight excluding hydrogens is 378 g/mol. The molecule has 0 fully saturated rings. The molecule has 150 valence electrons. The standard InChI is InChI=1S/C25H27NO2S/c1-21-17-19-24(20-18-21)29(27,28)26(2)25(23-14-7-4-8-15-23)16-10-9-13-22-11-5-3-6-12-22/h3-9,11-15,17-20,25H,10,16H2,1-2H3/b13-9+. The summed E-state index contributed by atoms with van der Waals surface area (Å²) in [5, 5.41) is 0. The average molecular weight is 406 g/mol. The minimum absolute atomic E-state index is 0.233.